The van der Waals surface area contributed by atoms with E-state index >= 15 is 0 Å². The summed E-state index contributed by atoms with van der Waals surface area (Å²) in [5, 5.41) is 3.81. The van der Waals surface area contributed by atoms with E-state index in [2.05, 4.69) is 54.5 Å². The summed E-state index contributed by atoms with van der Waals surface area (Å²) in [5.41, 5.74) is 4.01. The molecular formula is C19H24N2O. The summed E-state index contributed by atoms with van der Waals surface area (Å²) in [6, 6.07) is 11.6. The van der Waals surface area contributed by atoms with Gasteiger partial charge in [0.2, 0.25) is 0 Å². The molecule has 0 saturated carbocycles. The Morgan fingerprint density at radius 1 is 1.05 bits per heavy atom. The van der Waals surface area contributed by atoms with Gasteiger partial charge >= 0.3 is 0 Å². The number of aromatic nitrogens is 1. The van der Waals surface area contributed by atoms with Crippen molar-refractivity contribution in [1.82, 2.24) is 10.3 Å². The van der Waals surface area contributed by atoms with Gasteiger partial charge in [0.25, 0.3) is 0 Å². The quantitative estimate of drug-likeness (QED) is 0.867. The summed E-state index contributed by atoms with van der Waals surface area (Å²) in [6.45, 7) is 5.28. The van der Waals surface area contributed by atoms with Crippen LogP contribution < -0.4 is 10.1 Å². The summed E-state index contributed by atoms with van der Waals surface area (Å²) in [4.78, 5) is 4.12. The van der Waals surface area contributed by atoms with E-state index in [-0.39, 0.29) is 0 Å². The molecular weight excluding hydrogens is 272 g/mol. The van der Waals surface area contributed by atoms with Gasteiger partial charge in [-0.1, -0.05) is 26.0 Å². The number of pyridine rings is 1. The van der Waals surface area contributed by atoms with E-state index in [1.807, 2.05) is 12.4 Å². The Hall–Kier alpha value is -1.87. The van der Waals surface area contributed by atoms with E-state index in [9.17, 15) is 0 Å². The fraction of sp³-hybridized carbons (Fsp3) is 0.421. The monoisotopic (exact) mass is 296 g/mol. The molecule has 3 nitrogen and oxygen atoms in total. The average Bonchev–Trinajstić information content (AvgIpc) is 3.04. The Balaban J connectivity index is 1.79. The normalized spacial score (nSPS) is 15.9. The second-order valence-corrected chi connectivity index (χ2v) is 5.83. The molecule has 1 aliphatic rings. The number of nitrogens with zero attached hydrogens (tertiary/aromatic N) is 1. The third kappa shape index (κ3) is 3.14. The van der Waals surface area contributed by atoms with E-state index in [1.165, 1.54) is 16.7 Å². The zero-order chi connectivity index (χ0) is 15.4. The van der Waals surface area contributed by atoms with Crippen LogP contribution in [0.1, 0.15) is 55.5 Å². The zero-order valence-electron chi connectivity index (χ0n) is 13.4. The minimum atomic E-state index is 0.359. The molecule has 3 heteroatoms. The molecule has 0 spiro atoms. The summed E-state index contributed by atoms with van der Waals surface area (Å²) in [6.07, 6.45) is 6.90. The Kier molecular flexibility index (Phi) is 4.74. The Morgan fingerprint density at radius 2 is 1.77 bits per heavy atom. The molecule has 1 N–H and O–H groups in total. The standard InChI is InChI=1S/C19H24N2O/c1-3-17(14-7-10-20-11-8-14)21-18(4-2)15-5-6-19-16(13-15)9-12-22-19/h5-8,10-11,13,17-18,21H,3-4,9,12H2,1-2H3/t17-,18+/m1/s1. The van der Waals surface area contributed by atoms with E-state index in [0.717, 1.165) is 31.6 Å². The summed E-state index contributed by atoms with van der Waals surface area (Å²) >= 11 is 0. The van der Waals surface area contributed by atoms with Crippen molar-refractivity contribution in [3.8, 4) is 5.75 Å². The molecule has 0 unspecified atom stereocenters. The van der Waals surface area contributed by atoms with Gasteiger partial charge < -0.3 is 10.1 Å². The summed E-state index contributed by atoms with van der Waals surface area (Å²) in [5.74, 6) is 1.06. The van der Waals surface area contributed by atoms with Gasteiger partial charge in [0.15, 0.2) is 0 Å². The molecule has 3 rings (SSSR count). The maximum atomic E-state index is 5.61. The minimum Gasteiger partial charge on any atom is -0.493 e. The van der Waals surface area contributed by atoms with Gasteiger partial charge in [-0.2, -0.15) is 0 Å². The van der Waals surface area contributed by atoms with Crippen LogP contribution in [0.5, 0.6) is 5.75 Å². The molecule has 0 fully saturated rings. The first-order valence-electron chi connectivity index (χ1n) is 8.23. The highest BCUT2D eigenvalue weighted by Crippen LogP contribution is 2.30. The van der Waals surface area contributed by atoms with Crippen LogP contribution in [0.3, 0.4) is 0 Å². The van der Waals surface area contributed by atoms with Gasteiger partial charge in [0.05, 0.1) is 6.61 Å². The number of benzene rings is 1. The van der Waals surface area contributed by atoms with Crippen LogP contribution in [0.4, 0.5) is 0 Å². The molecule has 2 atom stereocenters. The predicted molar refractivity (Wildman–Crippen MR) is 89.1 cm³/mol. The maximum absolute atomic E-state index is 5.61. The smallest absolute Gasteiger partial charge is 0.122 e. The molecule has 116 valence electrons. The fourth-order valence-electron chi connectivity index (χ4n) is 3.16. The number of fused-ring (bicyclic) bond motifs is 1. The summed E-state index contributed by atoms with van der Waals surface area (Å²) < 4.78 is 5.61. The molecule has 2 heterocycles. The van der Waals surface area contributed by atoms with Crippen LogP contribution in [-0.4, -0.2) is 11.6 Å². The number of hydrogen-bond acceptors (Lipinski definition) is 3. The van der Waals surface area contributed by atoms with E-state index in [0.29, 0.717) is 12.1 Å². The van der Waals surface area contributed by atoms with Gasteiger partial charge in [-0.15, -0.1) is 0 Å². The lowest BCUT2D eigenvalue weighted by molar-refractivity contribution is 0.356. The topological polar surface area (TPSA) is 34.2 Å². The van der Waals surface area contributed by atoms with Crippen LogP contribution in [-0.2, 0) is 6.42 Å². The van der Waals surface area contributed by atoms with Crippen molar-refractivity contribution in [1.29, 1.82) is 0 Å². The highest BCUT2D eigenvalue weighted by molar-refractivity contribution is 5.40. The van der Waals surface area contributed by atoms with E-state index in [1.54, 1.807) is 0 Å². The van der Waals surface area contributed by atoms with Crippen molar-refractivity contribution in [3.05, 3.63) is 59.4 Å². The largest absolute Gasteiger partial charge is 0.493 e. The van der Waals surface area contributed by atoms with E-state index in [4.69, 9.17) is 4.74 Å². The molecule has 0 bridgehead atoms. The summed E-state index contributed by atoms with van der Waals surface area (Å²) in [7, 11) is 0. The van der Waals surface area contributed by atoms with Crippen molar-refractivity contribution in [2.45, 2.75) is 45.2 Å². The van der Waals surface area contributed by atoms with Gasteiger partial charge in [0, 0.05) is 30.9 Å². The first kappa shape index (κ1) is 15.0. The molecule has 22 heavy (non-hydrogen) atoms. The number of hydrogen-bond donors (Lipinski definition) is 1. The molecule has 0 aliphatic carbocycles. The van der Waals surface area contributed by atoms with Crippen LogP contribution in [0.15, 0.2) is 42.7 Å². The number of rotatable bonds is 6. The Bertz CT molecular complexity index is 612. The molecule has 0 saturated heterocycles. The van der Waals surface area contributed by atoms with Crippen molar-refractivity contribution in [2.75, 3.05) is 6.61 Å². The predicted octanol–water partition coefficient (Wildman–Crippen LogP) is 4.21. The molecule has 0 radical (unpaired) electrons. The fourth-order valence-corrected chi connectivity index (χ4v) is 3.16. The highest BCUT2D eigenvalue weighted by Gasteiger charge is 2.19. The lowest BCUT2D eigenvalue weighted by Gasteiger charge is -2.25. The van der Waals surface area contributed by atoms with Gasteiger partial charge in [-0.25, -0.2) is 0 Å². The zero-order valence-corrected chi connectivity index (χ0v) is 13.4. The Labute approximate surface area is 132 Å². The Morgan fingerprint density at radius 3 is 2.50 bits per heavy atom. The van der Waals surface area contributed by atoms with Crippen molar-refractivity contribution in [2.24, 2.45) is 0 Å². The average molecular weight is 296 g/mol. The van der Waals surface area contributed by atoms with Gasteiger partial charge in [-0.3, -0.25) is 4.98 Å². The SMILES string of the molecule is CC[C@H](N[C@H](CC)c1ccncc1)c1ccc2c(c1)CCO2. The first-order valence-corrected chi connectivity index (χ1v) is 8.23. The second kappa shape index (κ2) is 6.93. The highest BCUT2D eigenvalue weighted by atomic mass is 16.5. The lowest BCUT2D eigenvalue weighted by atomic mass is 9.98. The number of ether oxygens (including phenoxy) is 1. The third-order valence-electron chi connectivity index (χ3n) is 4.44. The van der Waals surface area contributed by atoms with Crippen LogP contribution in [0, 0.1) is 0 Å². The number of nitrogens with one attached hydrogen (secondary N) is 1. The third-order valence-corrected chi connectivity index (χ3v) is 4.44. The van der Waals surface area contributed by atoms with Crippen LogP contribution in [0.2, 0.25) is 0 Å². The molecule has 2 aromatic rings. The molecule has 0 amide bonds. The minimum absolute atomic E-state index is 0.359. The lowest BCUT2D eigenvalue weighted by Crippen LogP contribution is -2.26. The molecule has 1 aromatic carbocycles. The molecule has 1 aliphatic heterocycles. The van der Waals surface area contributed by atoms with Crippen LogP contribution >= 0.6 is 0 Å². The van der Waals surface area contributed by atoms with Crippen molar-refractivity contribution >= 4 is 0 Å². The van der Waals surface area contributed by atoms with Crippen molar-refractivity contribution in [3.63, 3.8) is 0 Å². The van der Waals surface area contributed by atoms with Crippen LogP contribution in [0.25, 0.3) is 0 Å². The van der Waals surface area contributed by atoms with E-state index < -0.39 is 0 Å². The first-order chi connectivity index (χ1) is 10.8. The second-order valence-electron chi connectivity index (χ2n) is 5.83. The maximum Gasteiger partial charge on any atom is 0.122 e. The van der Waals surface area contributed by atoms with Gasteiger partial charge in [0.1, 0.15) is 5.75 Å². The molecule has 1 aromatic heterocycles. The van der Waals surface area contributed by atoms with Gasteiger partial charge in [-0.05, 0) is 47.7 Å². The van der Waals surface area contributed by atoms with Crippen molar-refractivity contribution < 1.29 is 4.74 Å².